The van der Waals surface area contributed by atoms with Gasteiger partial charge in [0.2, 0.25) is 0 Å². The Bertz CT molecular complexity index is 746. The number of ether oxygens (including phenoxy) is 2. The van der Waals surface area contributed by atoms with Gasteiger partial charge >= 0.3 is 12.1 Å². The van der Waals surface area contributed by atoms with E-state index in [9.17, 15) is 9.59 Å². The van der Waals surface area contributed by atoms with Crippen molar-refractivity contribution in [3.05, 3.63) is 65.5 Å². The summed E-state index contributed by atoms with van der Waals surface area (Å²) in [6.45, 7) is 0.353. The lowest BCUT2D eigenvalue weighted by Gasteiger charge is -2.04. The number of alkyl carbamates (subject to hydrolysis) is 1. The fourth-order valence-electron chi connectivity index (χ4n) is 1.73. The van der Waals surface area contributed by atoms with Crippen molar-refractivity contribution in [2.75, 3.05) is 13.7 Å². The van der Waals surface area contributed by atoms with Gasteiger partial charge in [0.05, 0.1) is 13.7 Å². The summed E-state index contributed by atoms with van der Waals surface area (Å²) in [5, 5.41) is 2.53. The molecule has 2 aromatic rings. The van der Waals surface area contributed by atoms with Crippen LogP contribution in [0.15, 0.2) is 48.7 Å². The van der Waals surface area contributed by atoms with Crippen LogP contribution in [0.4, 0.5) is 4.79 Å². The predicted molar refractivity (Wildman–Crippen MR) is 87.1 cm³/mol. The zero-order valence-electron chi connectivity index (χ0n) is 13.1. The second kappa shape index (κ2) is 8.96. The Morgan fingerprint density at radius 3 is 2.62 bits per heavy atom. The molecule has 6 heteroatoms. The molecule has 1 heterocycles. The van der Waals surface area contributed by atoms with E-state index in [4.69, 9.17) is 4.74 Å². The summed E-state index contributed by atoms with van der Waals surface area (Å²) in [7, 11) is 1.29. The number of pyridine rings is 1. The molecule has 2 rings (SSSR count). The first-order valence-corrected chi connectivity index (χ1v) is 7.17. The van der Waals surface area contributed by atoms with E-state index in [0.717, 1.165) is 5.56 Å². The van der Waals surface area contributed by atoms with Crippen molar-refractivity contribution in [3.8, 4) is 11.8 Å². The van der Waals surface area contributed by atoms with Crippen molar-refractivity contribution >= 4 is 12.1 Å². The molecule has 0 saturated carbocycles. The number of esters is 1. The van der Waals surface area contributed by atoms with Crippen LogP contribution in [0.2, 0.25) is 0 Å². The minimum absolute atomic E-state index is 0.145. The zero-order chi connectivity index (χ0) is 17.2. The Morgan fingerprint density at radius 2 is 1.96 bits per heavy atom. The molecule has 0 radical (unpaired) electrons. The minimum atomic E-state index is -0.535. The van der Waals surface area contributed by atoms with E-state index >= 15 is 0 Å². The van der Waals surface area contributed by atoms with Crippen LogP contribution in [-0.4, -0.2) is 30.7 Å². The summed E-state index contributed by atoms with van der Waals surface area (Å²) < 4.78 is 9.61. The summed E-state index contributed by atoms with van der Waals surface area (Å²) in [5.41, 5.74) is 1.75. The number of benzene rings is 1. The molecule has 0 saturated heterocycles. The van der Waals surface area contributed by atoms with E-state index in [1.807, 2.05) is 30.3 Å². The van der Waals surface area contributed by atoms with Gasteiger partial charge in [0.25, 0.3) is 0 Å². The highest BCUT2D eigenvalue weighted by atomic mass is 16.5. The number of carbonyl (C=O) groups excluding carboxylic acids is 2. The van der Waals surface area contributed by atoms with Crippen molar-refractivity contribution in [1.29, 1.82) is 0 Å². The van der Waals surface area contributed by atoms with Crippen LogP contribution in [-0.2, 0) is 16.1 Å². The highest BCUT2D eigenvalue weighted by molar-refractivity contribution is 5.87. The molecule has 0 aliphatic heterocycles. The fraction of sp³-hybridized carbons (Fsp3) is 0.167. The number of nitrogens with one attached hydrogen (secondary N) is 1. The fourth-order valence-corrected chi connectivity index (χ4v) is 1.73. The van der Waals surface area contributed by atoms with Gasteiger partial charge in [-0.2, -0.15) is 0 Å². The SMILES string of the molecule is COC(=O)c1ccc(C#CCNC(=O)OCc2ccccc2)cn1. The molecule has 24 heavy (non-hydrogen) atoms. The third kappa shape index (κ3) is 5.46. The number of rotatable bonds is 4. The number of hydrogen-bond donors (Lipinski definition) is 1. The molecule has 1 aromatic heterocycles. The van der Waals surface area contributed by atoms with Crippen LogP contribution >= 0.6 is 0 Å². The molecule has 0 bridgehead atoms. The Morgan fingerprint density at radius 1 is 1.17 bits per heavy atom. The molecule has 0 aliphatic rings. The Labute approximate surface area is 139 Å². The first-order chi connectivity index (χ1) is 11.7. The number of aromatic nitrogens is 1. The molecule has 0 fully saturated rings. The van der Waals surface area contributed by atoms with E-state index in [0.29, 0.717) is 5.56 Å². The third-order valence-corrected chi connectivity index (χ3v) is 2.92. The normalized spacial score (nSPS) is 9.38. The summed E-state index contributed by atoms with van der Waals surface area (Å²) in [5.74, 6) is 5.10. The summed E-state index contributed by atoms with van der Waals surface area (Å²) in [4.78, 5) is 26.7. The van der Waals surface area contributed by atoms with Crippen LogP contribution in [0, 0.1) is 11.8 Å². The lowest BCUT2D eigenvalue weighted by atomic mass is 10.2. The number of nitrogens with zero attached hydrogens (tertiary/aromatic N) is 1. The highest BCUT2D eigenvalue weighted by Crippen LogP contribution is 2.01. The smallest absolute Gasteiger partial charge is 0.408 e. The molecule has 1 aromatic carbocycles. The molecule has 122 valence electrons. The first-order valence-electron chi connectivity index (χ1n) is 7.17. The second-order valence-corrected chi connectivity index (χ2v) is 4.64. The number of methoxy groups -OCH3 is 1. The van der Waals surface area contributed by atoms with Crippen molar-refractivity contribution in [1.82, 2.24) is 10.3 Å². The maximum absolute atomic E-state index is 11.5. The summed E-state index contributed by atoms with van der Waals surface area (Å²) in [6, 6.07) is 12.6. The number of amides is 1. The second-order valence-electron chi connectivity index (χ2n) is 4.64. The van der Waals surface area contributed by atoms with Crippen molar-refractivity contribution in [2.45, 2.75) is 6.61 Å². The summed E-state index contributed by atoms with van der Waals surface area (Å²) in [6.07, 6.45) is 0.930. The number of hydrogen-bond acceptors (Lipinski definition) is 5. The maximum atomic E-state index is 11.5. The van der Waals surface area contributed by atoms with Gasteiger partial charge in [-0.05, 0) is 17.7 Å². The predicted octanol–water partition coefficient (Wildman–Crippen LogP) is 2.15. The van der Waals surface area contributed by atoms with Crippen LogP contribution in [0.1, 0.15) is 21.6 Å². The van der Waals surface area contributed by atoms with E-state index in [2.05, 4.69) is 26.9 Å². The van der Waals surface area contributed by atoms with Crippen LogP contribution in [0.5, 0.6) is 0 Å². The van der Waals surface area contributed by atoms with Crippen LogP contribution < -0.4 is 5.32 Å². The van der Waals surface area contributed by atoms with Gasteiger partial charge in [0.15, 0.2) is 0 Å². The summed E-state index contributed by atoms with van der Waals surface area (Å²) >= 11 is 0. The molecule has 6 nitrogen and oxygen atoms in total. The quantitative estimate of drug-likeness (QED) is 0.689. The van der Waals surface area contributed by atoms with Gasteiger partial charge in [-0.25, -0.2) is 14.6 Å². The molecule has 1 amide bonds. The van der Waals surface area contributed by atoms with Crippen molar-refractivity contribution in [3.63, 3.8) is 0 Å². The van der Waals surface area contributed by atoms with Crippen molar-refractivity contribution in [2.24, 2.45) is 0 Å². The van der Waals surface area contributed by atoms with Gasteiger partial charge in [-0.15, -0.1) is 0 Å². The molecular weight excluding hydrogens is 308 g/mol. The molecular formula is C18H16N2O4. The highest BCUT2D eigenvalue weighted by Gasteiger charge is 2.05. The average molecular weight is 324 g/mol. The topological polar surface area (TPSA) is 77.5 Å². The standard InChI is InChI=1S/C18H16N2O4/c1-23-17(21)16-10-9-14(12-20-16)8-5-11-19-18(22)24-13-15-6-3-2-4-7-15/h2-4,6-7,9-10,12H,11,13H2,1H3,(H,19,22). The zero-order valence-corrected chi connectivity index (χ0v) is 13.1. The average Bonchev–Trinajstić information content (AvgIpc) is 2.64. The molecule has 0 aliphatic carbocycles. The van der Waals surface area contributed by atoms with Crippen molar-refractivity contribution < 1.29 is 19.1 Å². The molecule has 0 spiro atoms. The Kier molecular flexibility index (Phi) is 6.35. The van der Waals surface area contributed by atoms with E-state index in [1.165, 1.54) is 19.4 Å². The third-order valence-electron chi connectivity index (χ3n) is 2.92. The largest absolute Gasteiger partial charge is 0.464 e. The molecule has 0 unspecified atom stereocenters. The Hall–Kier alpha value is -3.33. The van der Waals surface area contributed by atoms with Gasteiger partial charge in [0, 0.05) is 11.8 Å². The van der Waals surface area contributed by atoms with E-state index in [1.54, 1.807) is 6.07 Å². The van der Waals surface area contributed by atoms with Gasteiger partial charge in [0.1, 0.15) is 12.3 Å². The molecule has 0 atom stereocenters. The minimum Gasteiger partial charge on any atom is -0.464 e. The van der Waals surface area contributed by atoms with E-state index in [-0.39, 0.29) is 18.8 Å². The number of carbonyl (C=O) groups is 2. The lowest BCUT2D eigenvalue weighted by molar-refractivity contribution is 0.0594. The van der Waals surface area contributed by atoms with Gasteiger partial charge in [-0.1, -0.05) is 42.2 Å². The van der Waals surface area contributed by atoms with Gasteiger partial charge < -0.3 is 14.8 Å². The lowest BCUT2D eigenvalue weighted by Crippen LogP contribution is -2.24. The first kappa shape index (κ1) is 17.0. The monoisotopic (exact) mass is 324 g/mol. The van der Waals surface area contributed by atoms with Gasteiger partial charge in [-0.3, -0.25) is 0 Å². The maximum Gasteiger partial charge on any atom is 0.408 e. The van der Waals surface area contributed by atoms with Crippen LogP contribution in [0.3, 0.4) is 0 Å². The van der Waals surface area contributed by atoms with Crippen LogP contribution in [0.25, 0.3) is 0 Å². The van der Waals surface area contributed by atoms with E-state index < -0.39 is 12.1 Å². The molecule has 1 N–H and O–H groups in total. The Balaban J connectivity index is 1.75.